The van der Waals surface area contributed by atoms with Gasteiger partial charge in [-0.15, -0.1) is 0 Å². The normalized spacial score (nSPS) is 19.2. The van der Waals surface area contributed by atoms with Gasteiger partial charge in [-0.2, -0.15) is 0 Å². The van der Waals surface area contributed by atoms with Crippen molar-refractivity contribution < 1.29 is 9.59 Å². The number of carbonyl (C=O) groups excluding carboxylic acids is 2. The van der Waals surface area contributed by atoms with E-state index < -0.39 is 0 Å². The van der Waals surface area contributed by atoms with Crippen LogP contribution in [0.5, 0.6) is 0 Å². The van der Waals surface area contributed by atoms with Crippen molar-refractivity contribution in [2.75, 3.05) is 13.1 Å². The lowest BCUT2D eigenvalue weighted by Crippen LogP contribution is -2.44. The lowest BCUT2D eigenvalue weighted by Gasteiger charge is -2.31. The van der Waals surface area contributed by atoms with Crippen molar-refractivity contribution in [1.29, 1.82) is 0 Å². The van der Waals surface area contributed by atoms with Gasteiger partial charge in [0.15, 0.2) is 0 Å². The number of aromatic nitrogens is 2. The average molecular weight is 283 g/mol. The Bertz CT molecular complexity index is 494. The smallest absolute Gasteiger partial charge is 0.227 e. The van der Waals surface area contributed by atoms with Crippen molar-refractivity contribution in [3.8, 4) is 0 Å². The Labute approximate surface area is 116 Å². The maximum Gasteiger partial charge on any atom is 0.227 e. The fourth-order valence-electron chi connectivity index (χ4n) is 2.17. The van der Waals surface area contributed by atoms with Gasteiger partial charge in [-0.3, -0.25) is 9.59 Å². The van der Waals surface area contributed by atoms with Crippen molar-refractivity contribution in [3.63, 3.8) is 0 Å². The van der Waals surface area contributed by atoms with Crippen molar-refractivity contribution in [2.45, 2.75) is 19.3 Å². The Hall–Kier alpha value is -1.69. The molecule has 0 aliphatic carbocycles. The molecule has 1 aliphatic rings. The second kappa shape index (κ2) is 5.97. The first-order valence-corrected chi connectivity index (χ1v) is 6.47. The van der Waals surface area contributed by atoms with Crippen molar-refractivity contribution in [1.82, 2.24) is 14.9 Å². The third-order valence-electron chi connectivity index (χ3n) is 3.25. The summed E-state index contributed by atoms with van der Waals surface area (Å²) in [5.41, 5.74) is 5.88. The molecular formula is C12H15ClN4O2. The summed E-state index contributed by atoms with van der Waals surface area (Å²) in [7, 11) is 0. The Kier molecular flexibility index (Phi) is 4.31. The topological polar surface area (TPSA) is 89.2 Å². The second-order valence-electron chi connectivity index (χ2n) is 4.60. The van der Waals surface area contributed by atoms with Crippen LogP contribution >= 0.6 is 11.6 Å². The van der Waals surface area contributed by atoms with Gasteiger partial charge in [-0.25, -0.2) is 9.97 Å². The summed E-state index contributed by atoms with van der Waals surface area (Å²) < 4.78 is 0. The first-order valence-electron chi connectivity index (χ1n) is 6.09. The molecule has 1 atom stereocenters. The van der Waals surface area contributed by atoms with Gasteiger partial charge in [-0.05, 0) is 12.8 Å². The van der Waals surface area contributed by atoms with Crippen LogP contribution in [0.2, 0.25) is 5.15 Å². The number of hydrogen-bond acceptors (Lipinski definition) is 4. The number of halogens is 1. The van der Waals surface area contributed by atoms with Crippen LogP contribution in [0, 0.1) is 5.92 Å². The van der Waals surface area contributed by atoms with E-state index in [1.165, 1.54) is 12.5 Å². The molecule has 1 fully saturated rings. The van der Waals surface area contributed by atoms with Gasteiger partial charge >= 0.3 is 0 Å². The van der Waals surface area contributed by atoms with Gasteiger partial charge in [0.05, 0.1) is 12.3 Å². The Morgan fingerprint density at radius 1 is 1.53 bits per heavy atom. The Morgan fingerprint density at radius 3 is 3.00 bits per heavy atom. The standard InChI is InChI=1S/C12H15ClN4O2/c13-11-9(5-15-7-16-11)4-10(18)17-3-1-2-8(6-17)12(14)19/h5,7-8H,1-4,6H2,(H2,14,19)/t8-/m0/s1. The summed E-state index contributed by atoms with van der Waals surface area (Å²) in [5.74, 6) is -0.679. The van der Waals surface area contributed by atoms with E-state index in [0.717, 1.165) is 12.8 Å². The number of nitrogens with zero attached hydrogens (tertiary/aromatic N) is 3. The zero-order chi connectivity index (χ0) is 13.8. The number of rotatable bonds is 3. The molecule has 19 heavy (non-hydrogen) atoms. The van der Waals surface area contributed by atoms with E-state index in [-0.39, 0.29) is 29.3 Å². The summed E-state index contributed by atoms with van der Waals surface area (Å²) in [4.78, 5) is 32.7. The van der Waals surface area contributed by atoms with Crippen molar-refractivity contribution in [2.24, 2.45) is 11.7 Å². The minimum atomic E-state index is -0.349. The minimum Gasteiger partial charge on any atom is -0.369 e. The molecule has 0 aromatic carbocycles. The van der Waals surface area contributed by atoms with Gasteiger partial charge in [0.1, 0.15) is 11.5 Å². The number of piperidine rings is 1. The first-order chi connectivity index (χ1) is 9.08. The largest absolute Gasteiger partial charge is 0.369 e. The van der Waals surface area contributed by atoms with E-state index in [4.69, 9.17) is 17.3 Å². The molecule has 0 radical (unpaired) electrons. The molecule has 102 valence electrons. The fourth-order valence-corrected chi connectivity index (χ4v) is 2.33. The molecule has 1 aromatic rings. The third kappa shape index (κ3) is 3.41. The van der Waals surface area contributed by atoms with Crippen LogP contribution in [0.4, 0.5) is 0 Å². The molecule has 6 nitrogen and oxygen atoms in total. The molecule has 0 unspecified atom stereocenters. The van der Waals surface area contributed by atoms with Crippen LogP contribution in [-0.2, 0) is 16.0 Å². The summed E-state index contributed by atoms with van der Waals surface area (Å²) in [5, 5.41) is 0.284. The van der Waals surface area contributed by atoms with Crippen LogP contribution in [0.1, 0.15) is 18.4 Å². The molecule has 1 aliphatic heterocycles. The number of nitrogens with two attached hydrogens (primary N) is 1. The van der Waals surface area contributed by atoms with E-state index in [1.54, 1.807) is 4.90 Å². The highest BCUT2D eigenvalue weighted by atomic mass is 35.5. The highest BCUT2D eigenvalue weighted by molar-refractivity contribution is 6.30. The highest BCUT2D eigenvalue weighted by Gasteiger charge is 2.27. The third-order valence-corrected chi connectivity index (χ3v) is 3.59. The van der Waals surface area contributed by atoms with E-state index >= 15 is 0 Å². The predicted molar refractivity (Wildman–Crippen MR) is 69.2 cm³/mol. The molecule has 7 heteroatoms. The molecule has 2 heterocycles. The lowest BCUT2D eigenvalue weighted by atomic mass is 9.97. The summed E-state index contributed by atoms with van der Waals surface area (Å²) in [6.07, 6.45) is 4.54. The molecule has 0 spiro atoms. The minimum absolute atomic E-state index is 0.0809. The van der Waals surface area contributed by atoms with Crippen LogP contribution < -0.4 is 5.73 Å². The van der Waals surface area contributed by atoms with E-state index in [0.29, 0.717) is 18.7 Å². The van der Waals surface area contributed by atoms with E-state index in [9.17, 15) is 9.59 Å². The van der Waals surface area contributed by atoms with Crippen LogP contribution in [-0.4, -0.2) is 39.8 Å². The second-order valence-corrected chi connectivity index (χ2v) is 4.95. The number of hydrogen-bond donors (Lipinski definition) is 1. The molecular weight excluding hydrogens is 268 g/mol. The molecule has 1 aromatic heterocycles. The maximum absolute atomic E-state index is 12.1. The summed E-state index contributed by atoms with van der Waals surface area (Å²) in [6.45, 7) is 1.04. The number of carbonyl (C=O) groups is 2. The number of likely N-dealkylation sites (tertiary alicyclic amines) is 1. The first kappa shape index (κ1) is 13.7. The maximum atomic E-state index is 12.1. The lowest BCUT2D eigenvalue weighted by molar-refractivity contribution is -0.134. The van der Waals surface area contributed by atoms with Crippen LogP contribution in [0.25, 0.3) is 0 Å². The number of primary amides is 1. The quantitative estimate of drug-likeness (QED) is 0.813. The molecule has 2 rings (SSSR count). The molecule has 0 bridgehead atoms. The van der Waals surface area contributed by atoms with Crippen molar-refractivity contribution >= 4 is 23.4 Å². The van der Waals surface area contributed by atoms with Crippen LogP contribution in [0.15, 0.2) is 12.5 Å². The molecule has 2 amide bonds. The molecule has 0 saturated carbocycles. The van der Waals surface area contributed by atoms with E-state index in [1.807, 2.05) is 0 Å². The van der Waals surface area contributed by atoms with Gasteiger partial charge in [0, 0.05) is 24.8 Å². The fraction of sp³-hybridized carbons (Fsp3) is 0.500. The van der Waals surface area contributed by atoms with Gasteiger partial charge < -0.3 is 10.6 Å². The van der Waals surface area contributed by atoms with Gasteiger partial charge in [0.25, 0.3) is 0 Å². The summed E-state index contributed by atoms with van der Waals surface area (Å²) in [6, 6.07) is 0. The Morgan fingerprint density at radius 2 is 2.32 bits per heavy atom. The van der Waals surface area contributed by atoms with Gasteiger partial charge in [0.2, 0.25) is 11.8 Å². The summed E-state index contributed by atoms with van der Waals surface area (Å²) >= 11 is 5.89. The van der Waals surface area contributed by atoms with Crippen molar-refractivity contribution in [3.05, 3.63) is 23.2 Å². The zero-order valence-electron chi connectivity index (χ0n) is 10.4. The molecule has 1 saturated heterocycles. The monoisotopic (exact) mass is 282 g/mol. The number of amides is 2. The average Bonchev–Trinajstić information content (AvgIpc) is 2.41. The Balaban J connectivity index is 2.00. The SMILES string of the molecule is NC(=O)[C@H]1CCCN(C(=O)Cc2cncnc2Cl)C1. The van der Waals surface area contributed by atoms with E-state index in [2.05, 4.69) is 9.97 Å². The zero-order valence-corrected chi connectivity index (χ0v) is 11.1. The highest BCUT2D eigenvalue weighted by Crippen LogP contribution is 2.18. The van der Waals surface area contributed by atoms with Gasteiger partial charge in [-0.1, -0.05) is 11.6 Å². The molecule has 2 N–H and O–H groups in total. The predicted octanol–water partition coefficient (Wildman–Crippen LogP) is 0.396. The van der Waals surface area contributed by atoms with Crippen LogP contribution in [0.3, 0.4) is 0 Å².